The number of hydrogen-bond donors (Lipinski definition) is 2. The van der Waals surface area contributed by atoms with Crippen LogP contribution in [0.4, 0.5) is 5.69 Å². The Morgan fingerprint density at radius 2 is 1.84 bits per heavy atom. The minimum Gasteiger partial charge on any atom is -0.490 e. The fraction of sp³-hybridized carbons (Fsp3) is 0.222. The third kappa shape index (κ3) is 6.53. The van der Waals surface area contributed by atoms with E-state index < -0.39 is 0 Å². The van der Waals surface area contributed by atoms with Crippen LogP contribution in [-0.2, 0) is 0 Å². The molecular weight excluding hydrogens is 377 g/mol. The molecule has 0 bridgehead atoms. The summed E-state index contributed by atoms with van der Waals surface area (Å²) >= 11 is 17.6. The van der Waals surface area contributed by atoms with Gasteiger partial charge < -0.3 is 10.1 Å². The van der Waals surface area contributed by atoms with Crippen molar-refractivity contribution in [2.75, 3.05) is 11.9 Å². The third-order valence-electron chi connectivity index (χ3n) is 2.99. The number of benzene rings is 2. The predicted octanol–water partition coefficient (Wildman–Crippen LogP) is 5.35. The molecule has 0 amide bonds. The van der Waals surface area contributed by atoms with Crippen LogP contribution in [0.1, 0.15) is 19.4 Å². The van der Waals surface area contributed by atoms with Crippen molar-refractivity contribution < 1.29 is 4.74 Å². The number of thiocarbonyl (C=S) groups is 1. The zero-order chi connectivity index (χ0) is 18.2. The molecule has 4 nitrogen and oxygen atoms in total. The van der Waals surface area contributed by atoms with Gasteiger partial charge in [0, 0.05) is 5.69 Å². The lowest BCUT2D eigenvalue weighted by atomic mass is 10.2. The second-order valence-electron chi connectivity index (χ2n) is 5.71. The van der Waals surface area contributed by atoms with Crippen LogP contribution in [0.3, 0.4) is 0 Å². The Balaban J connectivity index is 1.95. The number of hydrogen-bond acceptors (Lipinski definition) is 3. The highest BCUT2D eigenvalue weighted by molar-refractivity contribution is 7.80. The average molecular weight is 396 g/mol. The molecule has 0 unspecified atom stereocenters. The van der Waals surface area contributed by atoms with Gasteiger partial charge in [-0.15, -0.1) is 0 Å². The summed E-state index contributed by atoms with van der Waals surface area (Å²) in [5, 5.41) is 8.38. The van der Waals surface area contributed by atoms with E-state index in [-0.39, 0.29) is 0 Å². The zero-order valence-electron chi connectivity index (χ0n) is 13.9. The molecule has 0 fully saturated rings. The summed E-state index contributed by atoms with van der Waals surface area (Å²) in [6.45, 7) is 4.66. The number of anilines is 1. The van der Waals surface area contributed by atoms with E-state index >= 15 is 0 Å². The SMILES string of the molecule is CC(C)COc1c(Cl)cc(/C=N/NC(=S)Nc2ccccc2)cc1Cl. The average Bonchev–Trinajstić information content (AvgIpc) is 2.54. The van der Waals surface area contributed by atoms with Crippen LogP contribution in [0, 0.1) is 5.92 Å². The lowest BCUT2D eigenvalue weighted by Gasteiger charge is -2.12. The molecule has 0 heterocycles. The number of hydrazone groups is 1. The molecule has 0 aliphatic heterocycles. The molecule has 0 spiro atoms. The van der Waals surface area contributed by atoms with Crippen molar-refractivity contribution in [3.8, 4) is 5.75 Å². The quantitative estimate of drug-likeness (QED) is 0.393. The van der Waals surface area contributed by atoms with E-state index in [1.54, 1.807) is 18.3 Å². The van der Waals surface area contributed by atoms with Crippen LogP contribution in [0.5, 0.6) is 5.75 Å². The van der Waals surface area contributed by atoms with Crippen molar-refractivity contribution in [3.05, 3.63) is 58.1 Å². The Morgan fingerprint density at radius 3 is 2.44 bits per heavy atom. The van der Waals surface area contributed by atoms with Gasteiger partial charge in [0.1, 0.15) is 0 Å². The monoisotopic (exact) mass is 395 g/mol. The maximum Gasteiger partial charge on any atom is 0.191 e. The van der Waals surface area contributed by atoms with Crippen molar-refractivity contribution in [1.82, 2.24) is 5.43 Å². The van der Waals surface area contributed by atoms with Crippen LogP contribution in [0.15, 0.2) is 47.6 Å². The maximum atomic E-state index is 6.24. The van der Waals surface area contributed by atoms with Crippen molar-refractivity contribution in [1.29, 1.82) is 0 Å². The van der Waals surface area contributed by atoms with Crippen molar-refractivity contribution in [2.45, 2.75) is 13.8 Å². The summed E-state index contributed by atoms with van der Waals surface area (Å²) in [5.74, 6) is 0.874. The van der Waals surface area contributed by atoms with E-state index in [4.69, 9.17) is 40.2 Å². The van der Waals surface area contributed by atoms with Crippen molar-refractivity contribution >= 4 is 52.4 Å². The summed E-state index contributed by atoms with van der Waals surface area (Å²) < 4.78 is 5.64. The van der Waals surface area contributed by atoms with Gasteiger partial charge in [0.25, 0.3) is 0 Å². The number of ether oxygens (including phenoxy) is 1. The third-order valence-corrected chi connectivity index (χ3v) is 3.75. The number of rotatable bonds is 6. The normalized spacial score (nSPS) is 10.9. The number of halogens is 2. The zero-order valence-corrected chi connectivity index (χ0v) is 16.3. The maximum absolute atomic E-state index is 6.24. The first-order valence-electron chi connectivity index (χ1n) is 7.72. The van der Waals surface area contributed by atoms with E-state index in [2.05, 4.69) is 29.7 Å². The van der Waals surface area contributed by atoms with Gasteiger partial charge in [-0.25, -0.2) is 0 Å². The van der Waals surface area contributed by atoms with Gasteiger partial charge in [0.15, 0.2) is 10.9 Å². The Bertz CT molecular complexity index is 728. The van der Waals surface area contributed by atoms with E-state index in [1.165, 1.54) is 0 Å². The molecule has 2 N–H and O–H groups in total. The number of para-hydroxylation sites is 1. The first-order chi connectivity index (χ1) is 12.0. The fourth-order valence-corrected chi connectivity index (χ4v) is 2.67. The molecule has 0 radical (unpaired) electrons. The van der Waals surface area contributed by atoms with E-state index in [9.17, 15) is 0 Å². The van der Waals surface area contributed by atoms with Gasteiger partial charge in [-0.3, -0.25) is 5.43 Å². The molecule has 2 rings (SSSR count). The summed E-state index contributed by atoms with van der Waals surface area (Å²) in [6, 6.07) is 13.1. The standard InChI is InChI=1S/C18H19Cl2N3OS/c1-12(2)11-24-17-15(19)8-13(9-16(17)20)10-21-23-18(25)22-14-6-4-3-5-7-14/h3-10,12H,11H2,1-2H3,(H2,22,23,25)/b21-10+. The minimum atomic E-state index is 0.385. The molecule has 0 atom stereocenters. The van der Waals surface area contributed by atoms with Gasteiger partial charge in [-0.1, -0.05) is 55.2 Å². The predicted molar refractivity (Wildman–Crippen MR) is 110 cm³/mol. The highest BCUT2D eigenvalue weighted by atomic mass is 35.5. The molecule has 0 aliphatic rings. The summed E-state index contributed by atoms with van der Waals surface area (Å²) in [6.07, 6.45) is 1.59. The highest BCUT2D eigenvalue weighted by Gasteiger charge is 2.10. The molecule has 0 saturated heterocycles. The molecule has 25 heavy (non-hydrogen) atoms. The Morgan fingerprint density at radius 1 is 1.20 bits per heavy atom. The van der Waals surface area contributed by atoms with Gasteiger partial charge in [0.2, 0.25) is 0 Å². The smallest absolute Gasteiger partial charge is 0.191 e. The summed E-state index contributed by atoms with van der Waals surface area (Å²) in [5.41, 5.74) is 4.37. The van der Waals surface area contributed by atoms with Gasteiger partial charge >= 0.3 is 0 Å². The number of nitrogens with zero attached hydrogens (tertiary/aromatic N) is 1. The van der Waals surface area contributed by atoms with Gasteiger partial charge in [-0.05, 0) is 48.0 Å². The molecule has 7 heteroatoms. The minimum absolute atomic E-state index is 0.385. The van der Waals surface area contributed by atoms with E-state index in [0.717, 1.165) is 11.3 Å². The molecule has 2 aromatic carbocycles. The van der Waals surface area contributed by atoms with E-state index in [0.29, 0.717) is 33.4 Å². The van der Waals surface area contributed by atoms with Crippen molar-refractivity contribution in [2.24, 2.45) is 11.0 Å². The summed E-state index contributed by atoms with van der Waals surface area (Å²) in [4.78, 5) is 0. The topological polar surface area (TPSA) is 45.6 Å². The molecule has 132 valence electrons. The Hall–Kier alpha value is -1.82. The molecule has 0 aliphatic carbocycles. The van der Waals surface area contributed by atoms with E-state index in [1.807, 2.05) is 30.3 Å². The highest BCUT2D eigenvalue weighted by Crippen LogP contribution is 2.34. The number of nitrogens with one attached hydrogen (secondary N) is 2. The Kier molecular flexibility index (Phi) is 7.50. The second kappa shape index (κ2) is 9.61. The first-order valence-corrected chi connectivity index (χ1v) is 8.89. The molecular formula is C18H19Cl2N3OS. The lowest BCUT2D eigenvalue weighted by Crippen LogP contribution is -2.23. The van der Waals surface area contributed by atoms with Crippen LogP contribution >= 0.6 is 35.4 Å². The lowest BCUT2D eigenvalue weighted by molar-refractivity contribution is 0.271. The van der Waals surface area contributed by atoms with Crippen LogP contribution in [0.25, 0.3) is 0 Å². The second-order valence-corrected chi connectivity index (χ2v) is 6.93. The Labute approximate surface area is 163 Å². The van der Waals surface area contributed by atoms with Crippen molar-refractivity contribution in [3.63, 3.8) is 0 Å². The van der Waals surface area contributed by atoms with Crippen LogP contribution in [0.2, 0.25) is 10.0 Å². The largest absolute Gasteiger partial charge is 0.490 e. The molecule has 2 aromatic rings. The summed E-state index contributed by atoms with van der Waals surface area (Å²) in [7, 11) is 0. The van der Waals surface area contributed by atoms with Gasteiger partial charge in [0.05, 0.1) is 22.9 Å². The molecule has 0 aromatic heterocycles. The fourth-order valence-electron chi connectivity index (χ4n) is 1.89. The van der Waals surface area contributed by atoms with Crippen LogP contribution < -0.4 is 15.5 Å². The van der Waals surface area contributed by atoms with Gasteiger partial charge in [-0.2, -0.15) is 5.10 Å². The molecule has 0 saturated carbocycles. The first kappa shape index (κ1) is 19.5. The van der Waals surface area contributed by atoms with Crippen LogP contribution in [-0.4, -0.2) is 17.9 Å².